The number of rotatable bonds is 9. The lowest BCUT2D eigenvalue weighted by Crippen LogP contribution is -2.39. The van der Waals surface area contributed by atoms with E-state index in [2.05, 4.69) is 10.4 Å². The second-order valence-corrected chi connectivity index (χ2v) is 6.60. The van der Waals surface area contributed by atoms with Crippen molar-refractivity contribution >= 4 is 5.91 Å². The van der Waals surface area contributed by atoms with Gasteiger partial charge in [-0.05, 0) is 56.3 Å². The highest BCUT2D eigenvalue weighted by Crippen LogP contribution is 2.19. The molecular formula is C23H25N3O4. The van der Waals surface area contributed by atoms with Gasteiger partial charge in [0.1, 0.15) is 11.5 Å². The molecular weight excluding hydrogens is 382 g/mol. The molecule has 1 amide bonds. The third-order valence-electron chi connectivity index (χ3n) is 4.38. The summed E-state index contributed by atoms with van der Waals surface area (Å²) in [5, 5.41) is 7.19. The summed E-state index contributed by atoms with van der Waals surface area (Å²) in [6, 6.07) is 19.8. The molecule has 1 aromatic heterocycles. The van der Waals surface area contributed by atoms with Gasteiger partial charge < -0.3 is 14.8 Å². The summed E-state index contributed by atoms with van der Waals surface area (Å²) in [6.45, 7) is 4.73. The van der Waals surface area contributed by atoms with Gasteiger partial charge in [-0.15, -0.1) is 0 Å². The highest BCUT2D eigenvalue weighted by atomic mass is 16.5. The number of nitrogens with one attached hydrogen (secondary N) is 1. The number of amides is 1. The van der Waals surface area contributed by atoms with Crippen LogP contribution < -0.4 is 20.3 Å². The van der Waals surface area contributed by atoms with Gasteiger partial charge in [0.05, 0.1) is 18.8 Å². The Bertz CT molecular complexity index is 1020. The Morgan fingerprint density at radius 1 is 1.03 bits per heavy atom. The smallest absolute Gasteiger partial charge is 0.266 e. The fourth-order valence-corrected chi connectivity index (χ4v) is 2.84. The second-order valence-electron chi connectivity index (χ2n) is 6.60. The highest BCUT2D eigenvalue weighted by Gasteiger charge is 2.14. The first-order chi connectivity index (χ1) is 14.6. The molecule has 0 saturated heterocycles. The summed E-state index contributed by atoms with van der Waals surface area (Å²) in [5.74, 6) is 1.15. The second kappa shape index (κ2) is 10.2. The molecule has 3 aromatic rings. The van der Waals surface area contributed by atoms with Crippen molar-refractivity contribution in [2.75, 3.05) is 13.2 Å². The zero-order valence-corrected chi connectivity index (χ0v) is 17.1. The average Bonchev–Trinajstić information content (AvgIpc) is 2.76. The Balaban J connectivity index is 1.58. The minimum atomic E-state index is -0.646. The highest BCUT2D eigenvalue weighted by molar-refractivity contribution is 5.80. The van der Waals surface area contributed by atoms with Crippen LogP contribution in [0.15, 0.2) is 71.5 Å². The molecule has 0 fully saturated rings. The maximum atomic E-state index is 12.2. The van der Waals surface area contributed by atoms with Crippen molar-refractivity contribution in [3.63, 3.8) is 0 Å². The van der Waals surface area contributed by atoms with E-state index in [9.17, 15) is 9.59 Å². The van der Waals surface area contributed by atoms with Crippen LogP contribution in [0.2, 0.25) is 0 Å². The van der Waals surface area contributed by atoms with Gasteiger partial charge in [0.2, 0.25) is 0 Å². The van der Waals surface area contributed by atoms with Crippen molar-refractivity contribution < 1.29 is 14.3 Å². The van der Waals surface area contributed by atoms with E-state index < -0.39 is 6.10 Å². The molecule has 1 N–H and O–H groups in total. The molecule has 2 aromatic carbocycles. The predicted octanol–water partition coefficient (Wildman–Crippen LogP) is 2.89. The quantitative estimate of drug-likeness (QED) is 0.590. The molecule has 0 saturated carbocycles. The summed E-state index contributed by atoms with van der Waals surface area (Å²) in [7, 11) is 0. The zero-order valence-electron chi connectivity index (χ0n) is 17.1. The molecule has 7 nitrogen and oxygen atoms in total. The van der Waals surface area contributed by atoms with Crippen molar-refractivity contribution in [2.45, 2.75) is 26.5 Å². The van der Waals surface area contributed by atoms with Crippen LogP contribution in [0.4, 0.5) is 0 Å². The lowest BCUT2D eigenvalue weighted by atomic mass is 10.1. The standard InChI is InChI=1S/C23H25N3O4/c1-3-29-19-11-9-18(10-12-19)21-13-14-22(27)26(25-21)16-15-24-23(28)17(2)30-20-7-5-4-6-8-20/h4-14,17H,3,15-16H2,1-2H3,(H,24,28). The van der Waals surface area contributed by atoms with Gasteiger partial charge in [0.25, 0.3) is 11.5 Å². The third-order valence-corrected chi connectivity index (χ3v) is 4.38. The first-order valence-electron chi connectivity index (χ1n) is 9.87. The first-order valence-corrected chi connectivity index (χ1v) is 9.87. The molecule has 30 heavy (non-hydrogen) atoms. The largest absolute Gasteiger partial charge is 0.494 e. The average molecular weight is 407 g/mol. The van der Waals surface area contributed by atoms with Crippen LogP contribution in [0.1, 0.15) is 13.8 Å². The molecule has 1 unspecified atom stereocenters. The number of carbonyl (C=O) groups excluding carboxylic acids is 1. The monoisotopic (exact) mass is 407 g/mol. The fraction of sp³-hybridized carbons (Fsp3) is 0.261. The molecule has 0 radical (unpaired) electrons. The fourth-order valence-electron chi connectivity index (χ4n) is 2.84. The van der Waals surface area contributed by atoms with Crippen molar-refractivity contribution in [2.24, 2.45) is 0 Å². The minimum absolute atomic E-state index is 0.229. The van der Waals surface area contributed by atoms with Gasteiger partial charge in [-0.3, -0.25) is 9.59 Å². The summed E-state index contributed by atoms with van der Waals surface area (Å²) in [6.07, 6.45) is -0.646. The molecule has 1 heterocycles. The Morgan fingerprint density at radius 3 is 2.47 bits per heavy atom. The van der Waals surface area contributed by atoms with E-state index in [4.69, 9.17) is 9.47 Å². The first kappa shape index (κ1) is 21.1. The van der Waals surface area contributed by atoms with E-state index in [1.807, 2.05) is 49.4 Å². The molecule has 3 rings (SSSR count). The molecule has 0 aliphatic heterocycles. The van der Waals surface area contributed by atoms with Crippen molar-refractivity contribution in [1.29, 1.82) is 0 Å². The number of nitrogens with zero attached hydrogens (tertiary/aromatic N) is 2. The minimum Gasteiger partial charge on any atom is -0.494 e. The van der Waals surface area contributed by atoms with Crippen molar-refractivity contribution in [1.82, 2.24) is 15.1 Å². The van der Waals surface area contributed by atoms with E-state index >= 15 is 0 Å². The van der Waals surface area contributed by atoms with Gasteiger partial charge in [-0.25, -0.2) is 4.68 Å². The Kier molecular flexibility index (Phi) is 7.21. The molecule has 0 aliphatic rings. The number of hydrogen-bond acceptors (Lipinski definition) is 5. The number of aromatic nitrogens is 2. The summed E-state index contributed by atoms with van der Waals surface area (Å²) < 4.78 is 12.4. The Labute approximate surface area is 175 Å². The summed E-state index contributed by atoms with van der Waals surface area (Å²) in [4.78, 5) is 24.4. The van der Waals surface area contributed by atoms with Crippen LogP contribution >= 0.6 is 0 Å². The third kappa shape index (κ3) is 5.70. The molecule has 7 heteroatoms. The van der Waals surface area contributed by atoms with Gasteiger partial charge in [0, 0.05) is 18.2 Å². The van der Waals surface area contributed by atoms with E-state index in [1.54, 1.807) is 25.1 Å². The maximum absolute atomic E-state index is 12.2. The molecule has 0 bridgehead atoms. The lowest BCUT2D eigenvalue weighted by molar-refractivity contribution is -0.127. The van der Waals surface area contributed by atoms with E-state index in [1.165, 1.54) is 10.7 Å². The zero-order chi connectivity index (χ0) is 21.3. The summed E-state index contributed by atoms with van der Waals surface area (Å²) >= 11 is 0. The number of carbonyl (C=O) groups is 1. The van der Waals surface area contributed by atoms with Gasteiger partial charge >= 0.3 is 0 Å². The normalized spacial score (nSPS) is 11.5. The number of para-hydroxylation sites is 1. The van der Waals surface area contributed by atoms with Crippen LogP contribution in [-0.4, -0.2) is 34.9 Å². The molecule has 156 valence electrons. The van der Waals surface area contributed by atoms with Gasteiger partial charge in [-0.2, -0.15) is 5.10 Å². The van der Waals surface area contributed by atoms with Crippen LogP contribution in [0.5, 0.6) is 11.5 Å². The number of benzene rings is 2. The Morgan fingerprint density at radius 2 is 1.77 bits per heavy atom. The Hall–Kier alpha value is -3.61. The van der Waals surface area contributed by atoms with Gasteiger partial charge in [-0.1, -0.05) is 18.2 Å². The van der Waals surface area contributed by atoms with Crippen LogP contribution in [0.3, 0.4) is 0 Å². The number of ether oxygens (including phenoxy) is 2. The molecule has 1 atom stereocenters. The predicted molar refractivity (Wildman–Crippen MR) is 115 cm³/mol. The SMILES string of the molecule is CCOc1ccc(-c2ccc(=O)n(CCNC(=O)C(C)Oc3ccccc3)n2)cc1. The van der Waals surface area contributed by atoms with Crippen LogP contribution in [0.25, 0.3) is 11.3 Å². The van der Waals surface area contributed by atoms with E-state index in [0.29, 0.717) is 18.1 Å². The van der Waals surface area contributed by atoms with E-state index in [0.717, 1.165) is 11.3 Å². The topological polar surface area (TPSA) is 82.5 Å². The maximum Gasteiger partial charge on any atom is 0.266 e. The van der Waals surface area contributed by atoms with Crippen LogP contribution in [-0.2, 0) is 11.3 Å². The van der Waals surface area contributed by atoms with Crippen LogP contribution in [0, 0.1) is 0 Å². The lowest BCUT2D eigenvalue weighted by Gasteiger charge is -2.15. The van der Waals surface area contributed by atoms with Crippen molar-refractivity contribution in [3.8, 4) is 22.8 Å². The number of hydrogen-bond donors (Lipinski definition) is 1. The molecule has 0 aliphatic carbocycles. The molecule has 0 spiro atoms. The summed E-state index contributed by atoms with van der Waals surface area (Å²) in [5.41, 5.74) is 1.32. The van der Waals surface area contributed by atoms with Crippen molar-refractivity contribution in [3.05, 3.63) is 77.1 Å². The van der Waals surface area contributed by atoms with E-state index in [-0.39, 0.29) is 24.6 Å². The van der Waals surface area contributed by atoms with Gasteiger partial charge in [0.15, 0.2) is 6.10 Å².